The van der Waals surface area contributed by atoms with Crippen LogP contribution in [0.25, 0.3) is 11.1 Å². The van der Waals surface area contributed by atoms with Crippen molar-refractivity contribution in [3.8, 4) is 11.1 Å². The Balaban J connectivity index is 2.10. The van der Waals surface area contributed by atoms with Crippen molar-refractivity contribution in [1.82, 2.24) is 0 Å². The molecule has 1 nitrogen and oxygen atoms in total. The lowest BCUT2D eigenvalue weighted by molar-refractivity contribution is 0.101. The van der Waals surface area contributed by atoms with Gasteiger partial charge in [0.2, 0.25) is 0 Å². The van der Waals surface area contributed by atoms with Gasteiger partial charge in [-0.25, -0.2) is 0 Å². The van der Waals surface area contributed by atoms with Crippen LogP contribution in [-0.4, -0.2) is 6.61 Å². The average molecular weight is 208 g/mol. The Morgan fingerprint density at radius 2 is 1.81 bits per heavy atom. The van der Waals surface area contributed by atoms with Gasteiger partial charge >= 0.3 is 0 Å². The Bertz CT molecular complexity index is 571. The summed E-state index contributed by atoms with van der Waals surface area (Å²) in [5.41, 5.74) is 7.13. The van der Waals surface area contributed by atoms with E-state index in [1.54, 1.807) is 0 Å². The van der Waals surface area contributed by atoms with E-state index in [9.17, 15) is 0 Å². The second kappa shape index (κ2) is 2.96. The van der Waals surface area contributed by atoms with E-state index >= 15 is 0 Å². The maximum Gasteiger partial charge on any atom is 0.0720 e. The smallest absolute Gasteiger partial charge is 0.0720 e. The zero-order valence-electron chi connectivity index (χ0n) is 8.94. The molecule has 0 amide bonds. The van der Waals surface area contributed by atoms with Crippen molar-refractivity contribution in [3.63, 3.8) is 0 Å². The van der Waals surface area contributed by atoms with Gasteiger partial charge in [0.25, 0.3) is 0 Å². The minimum absolute atomic E-state index is 0.469. The standard InChI is InChI=1S/C15H12O/c1-2-6-12-11(5-1)13-7-3-4-10-8-16-9-14(12)15(10)13/h1-7,14H,8-9H2/t14-/m1/s1. The van der Waals surface area contributed by atoms with Crippen molar-refractivity contribution in [2.45, 2.75) is 12.5 Å². The van der Waals surface area contributed by atoms with Crippen LogP contribution in [0.2, 0.25) is 0 Å². The third-order valence-electron chi connectivity index (χ3n) is 3.71. The maximum atomic E-state index is 5.69. The van der Waals surface area contributed by atoms with Crippen LogP contribution in [-0.2, 0) is 11.3 Å². The predicted octanol–water partition coefficient (Wildman–Crippen LogP) is 3.33. The molecule has 0 aromatic heterocycles. The van der Waals surface area contributed by atoms with Gasteiger partial charge in [0.05, 0.1) is 13.2 Å². The predicted molar refractivity (Wildman–Crippen MR) is 63.4 cm³/mol. The van der Waals surface area contributed by atoms with Gasteiger partial charge in [-0.1, -0.05) is 42.5 Å². The molecule has 0 bridgehead atoms. The quantitative estimate of drug-likeness (QED) is 0.645. The highest BCUT2D eigenvalue weighted by Gasteiger charge is 2.32. The highest BCUT2D eigenvalue weighted by Crippen LogP contribution is 2.47. The van der Waals surface area contributed by atoms with Gasteiger partial charge in [0, 0.05) is 5.92 Å². The number of hydrogen-bond acceptors (Lipinski definition) is 1. The molecule has 0 N–H and O–H groups in total. The maximum absolute atomic E-state index is 5.69. The SMILES string of the molecule is c1ccc2c(c1)-c1cccc3c1[C@@H]2COC3. The van der Waals surface area contributed by atoms with E-state index in [0.717, 1.165) is 13.2 Å². The first kappa shape index (κ1) is 8.54. The van der Waals surface area contributed by atoms with Gasteiger partial charge in [-0.3, -0.25) is 0 Å². The lowest BCUT2D eigenvalue weighted by atomic mass is 9.92. The van der Waals surface area contributed by atoms with E-state index in [1.807, 2.05) is 0 Å². The van der Waals surface area contributed by atoms with Crippen molar-refractivity contribution < 1.29 is 4.74 Å². The highest BCUT2D eigenvalue weighted by molar-refractivity contribution is 5.80. The first-order chi connectivity index (χ1) is 7.95. The molecule has 1 heterocycles. The molecule has 1 heteroatoms. The van der Waals surface area contributed by atoms with E-state index in [0.29, 0.717) is 5.92 Å². The van der Waals surface area contributed by atoms with Crippen LogP contribution in [0.4, 0.5) is 0 Å². The largest absolute Gasteiger partial charge is 0.376 e. The third-order valence-corrected chi connectivity index (χ3v) is 3.71. The topological polar surface area (TPSA) is 9.23 Å². The van der Waals surface area contributed by atoms with Crippen LogP contribution < -0.4 is 0 Å². The van der Waals surface area contributed by atoms with Crippen LogP contribution in [0.5, 0.6) is 0 Å². The summed E-state index contributed by atoms with van der Waals surface area (Å²) in [7, 11) is 0. The molecular formula is C15H12O. The summed E-state index contributed by atoms with van der Waals surface area (Å²) in [6.45, 7) is 1.61. The fraction of sp³-hybridized carbons (Fsp3) is 0.200. The Kier molecular flexibility index (Phi) is 1.58. The van der Waals surface area contributed by atoms with E-state index in [2.05, 4.69) is 42.5 Å². The Morgan fingerprint density at radius 3 is 2.81 bits per heavy atom. The summed E-state index contributed by atoms with van der Waals surface area (Å²) in [4.78, 5) is 0. The molecule has 1 atom stereocenters. The lowest BCUT2D eigenvalue weighted by Gasteiger charge is -2.22. The number of fused-ring (bicyclic) bond motifs is 3. The molecule has 1 aliphatic heterocycles. The van der Waals surface area contributed by atoms with E-state index in [1.165, 1.54) is 27.8 Å². The van der Waals surface area contributed by atoms with E-state index in [4.69, 9.17) is 4.74 Å². The molecule has 78 valence electrons. The molecular weight excluding hydrogens is 196 g/mol. The van der Waals surface area contributed by atoms with Crippen LogP contribution >= 0.6 is 0 Å². The number of benzene rings is 2. The second-order valence-electron chi connectivity index (χ2n) is 4.53. The molecule has 2 aliphatic rings. The van der Waals surface area contributed by atoms with Crippen molar-refractivity contribution in [2.75, 3.05) is 6.61 Å². The molecule has 2 aromatic carbocycles. The van der Waals surface area contributed by atoms with Crippen LogP contribution in [0.15, 0.2) is 42.5 Å². The highest BCUT2D eigenvalue weighted by atomic mass is 16.5. The molecule has 0 saturated heterocycles. The van der Waals surface area contributed by atoms with Crippen LogP contribution in [0.1, 0.15) is 22.6 Å². The summed E-state index contributed by atoms with van der Waals surface area (Å²) >= 11 is 0. The zero-order chi connectivity index (χ0) is 10.5. The first-order valence-electron chi connectivity index (χ1n) is 5.74. The molecule has 2 aromatic rings. The summed E-state index contributed by atoms with van der Waals surface area (Å²) in [6.07, 6.45) is 0. The molecule has 16 heavy (non-hydrogen) atoms. The molecule has 0 fully saturated rings. The fourth-order valence-corrected chi connectivity index (χ4v) is 3.05. The number of rotatable bonds is 0. The second-order valence-corrected chi connectivity index (χ2v) is 4.53. The Hall–Kier alpha value is -1.60. The summed E-state index contributed by atoms with van der Waals surface area (Å²) in [5, 5.41) is 0. The van der Waals surface area contributed by atoms with Crippen LogP contribution in [0.3, 0.4) is 0 Å². The number of ether oxygens (including phenoxy) is 1. The first-order valence-corrected chi connectivity index (χ1v) is 5.74. The van der Waals surface area contributed by atoms with Gasteiger partial charge in [0.15, 0.2) is 0 Å². The molecule has 0 unspecified atom stereocenters. The van der Waals surface area contributed by atoms with E-state index < -0.39 is 0 Å². The molecule has 0 spiro atoms. The van der Waals surface area contributed by atoms with Gasteiger partial charge in [-0.15, -0.1) is 0 Å². The van der Waals surface area contributed by atoms with Crippen molar-refractivity contribution >= 4 is 0 Å². The van der Waals surface area contributed by atoms with Gasteiger partial charge in [-0.2, -0.15) is 0 Å². The molecule has 1 aliphatic carbocycles. The third kappa shape index (κ3) is 0.940. The lowest BCUT2D eigenvalue weighted by Crippen LogP contribution is -2.14. The Morgan fingerprint density at radius 1 is 0.938 bits per heavy atom. The number of hydrogen-bond donors (Lipinski definition) is 0. The van der Waals surface area contributed by atoms with E-state index in [-0.39, 0.29) is 0 Å². The monoisotopic (exact) mass is 208 g/mol. The fourth-order valence-electron chi connectivity index (χ4n) is 3.05. The minimum atomic E-state index is 0.469. The molecule has 0 saturated carbocycles. The van der Waals surface area contributed by atoms with Crippen molar-refractivity contribution in [1.29, 1.82) is 0 Å². The summed E-state index contributed by atoms with van der Waals surface area (Å²) in [6, 6.07) is 15.3. The van der Waals surface area contributed by atoms with Crippen LogP contribution in [0, 0.1) is 0 Å². The molecule has 0 radical (unpaired) electrons. The molecule has 4 rings (SSSR count). The Labute approximate surface area is 94.7 Å². The van der Waals surface area contributed by atoms with Gasteiger partial charge in [0.1, 0.15) is 0 Å². The average Bonchev–Trinajstić information content (AvgIpc) is 2.68. The summed E-state index contributed by atoms with van der Waals surface area (Å²) in [5.74, 6) is 0.469. The van der Waals surface area contributed by atoms with Gasteiger partial charge < -0.3 is 4.74 Å². The van der Waals surface area contributed by atoms with Gasteiger partial charge in [-0.05, 0) is 27.8 Å². The van der Waals surface area contributed by atoms with Crippen molar-refractivity contribution in [2.24, 2.45) is 0 Å². The minimum Gasteiger partial charge on any atom is -0.376 e. The summed E-state index contributed by atoms with van der Waals surface area (Å²) < 4.78 is 5.69. The normalized spacial score (nSPS) is 20.4. The van der Waals surface area contributed by atoms with Crippen molar-refractivity contribution in [3.05, 3.63) is 59.2 Å². The zero-order valence-corrected chi connectivity index (χ0v) is 8.94.